The molecule has 0 unspecified atom stereocenters. The van der Waals surface area contributed by atoms with Crippen LogP contribution in [0.5, 0.6) is 0 Å². The zero-order valence-corrected chi connectivity index (χ0v) is 41.6. The zero-order chi connectivity index (χ0) is 46.2. The van der Waals surface area contributed by atoms with Gasteiger partial charge in [-0.2, -0.15) is 0 Å². The van der Waals surface area contributed by atoms with Gasteiger partial charge in [-0.1, -0.05) is 137 Å². The quantitative estimate of drug-likeness (QED) is 0.135. The Hall–Kier alpha value is -5.68. The summed E-state index contributed by atoms with van der Waals surface area (Å²) >= 11 is 13.4. The van der Waals surface area contributed by atoms with Crippen LogP contribution in [-0.4, -0.2) is 43.8 Å². The van der Waals surface area contributed by atoms with Crippen LogP contribution in [0.1, 0.15) is 42.0 Å². The van der Waals surface area contributed by atoms with Gasteiger partial charge in [0.1, 0.15) is 0 Å². The number of hydrogen-bond donors (Lipinski definition) is 0. The van der Waals surface area contributed by atoms with Gasteiger partial charge >= 0.3 is 34.1 Å². The summed E-state index contributed by atoms with van der Waals surface area (Å²) in [6.07, 6.45) is 6.09. The number of aromatic nitrogens is 4. The molecule has 0 aliphatic heterocycles. The molecular formula is C48H28Br4Cu2N4O8. The molecule has 8 rings (SSSR count). The zero-order valence-electron chi connectivity index (χ0n) is 33.3. The summed E-state index contributed by atoms with van der Waals surface area (Å²) in [5, 5.41) is 42.1. The fourth-order valence-corrected chi connectivity index (χ4v) is 6.37. The topological polar surface area (TPSA) is 212 Å². The fraction of sp³-hybridized carbons (Fsp3) is 0. The Bertz CT molecular complexity index is 2430. The number of carbonyl (C=O) groups is 4. The summed E-state index contributed by atoms with van der Waals surface area (Å²) in [5.74, 6) is -5.05. The number of aromatic carboxylic acids is 4. The molecule has 4 aromatic carbocycles. The van der Waals surface area contributed by atoms with Crippen molar-refractivity contribution in [2.45, 2.75) is 0 Å². The molecule has 0 saturated carbocycles. The predicted molar refractivity (Wildman–Crippen MR) is 247 cm³/mol. The maximum absolute atomic E-state index is 10.5. The first-order valence-corrected chi connectivity index (χ1v) is 21.6. The first-order chi connectivity index (χ1) is 30.7. The fourth-order valence-electron chi connectivity index (χ4n) is 5.31. The van der Waals surface area contributed by atoms with Gasteiger partial charge in [-0.3, -0.25) is 19.9 Å². The van der Waals surface area contributed by atoms with Gasteiger partial charge < -0.3 is 39.6 Å². The SMILES string of the molecule is O=C([O-])c1ccc(-c2ccc(Br)cc2)cn1.O=C([O-])c1ccc(-c2ccc(Br)cc2)cn1.O=C([O-])c1ccc(-c2ccc(Br)cc2)cn1.O=C([O-])c1ccc(-c2ccc(Br)cc2)cn1.[Cu+2].[Cu+2]. The third kappa shape index (κ3) is 17.0. The predicted octanol–water partition coefficient (Wildman–Crippen LogP) is 7.49. The van der Waals surface area contributed by atoms with E-state index < -0.39 is 23.9 Å². The maximum Gasteiger partial charge on any atom is 2.00 e. The summed E-state index contributed by atoms with van der Waals surface area (Å²) in [5.41, 5.74) is 7.22. The van der Waals surface area contributed by atoms with Crippen LogP contribution in [0.25, 0.3) is 44.5 Å². The minimum Gasteiger partial charge on any atom is -0.543 e. The Kier molecular flexibility index (Phi) is 22.4. The number of halogens is 4. The van der Waals surface area contributed by atoms with Crippen molar-refractivity contribution < 1.29 is 73.7 Å². The molecule has 0 N–H and O–H groups in total. The molecule has 4 aromatic heterocycles. The molecule has 0 aliphatic carbocycles. The largest absolute Gasteiger partial charge is 2.00 e. The molecule has 2 radical (unpaired) electrons. The van der Waals surface area contributed by atoms with E-state index in [1.807, 2.05) is 97.1 Å². The van der Waals surface area contributed by atoms with Crippen LogP contribution in [0.15, 0.2) is 188 Å². The number of nitrogens with zero attached hydrogens (tertiary/aromatic N) is 4. The van der Waals surface area contributed by atoms with E-state index >= 15 is 0 Å². The van der Waals surface area contributed by atoms with Crippen LogP contribution in [0.3, 0.4) is 0 Å². The first kappa shape index (κ1) is 54.7. The van der Waals surface area contributed by atoms with Crippen LogP contribution in [0.4, 0.5) is 0 Å². The van der Waals surface area contributed by atoms with Gasteiger partial charge in [-0.25, -0.2) is 0 Å². The van der Waals surface area contributed by atoms with E-state index in [0.29, 0.717) is 0 Å². The first-order valence-electron chi connectivity index (χ1n) is 18.4. The normalized spacial score (nSPS) is 9.76. The van der Waals surface area contributed by atoms with Crippen LogP contribution in [0, 0.1) is 0 Å². The van der Waals surface area contributed by atoms with Crippen molar-refractivity contribution in [1.29, 1.82) is 0 Å². The van der Waals surface area contributed by atoms with Gasteiger partial charge in [0, 0.05) is 64.9 Å². The second-order valence-electron chi connectivity index (χ2n) is 12.9. The van der Waals surface area contributed by atoms with Gasteiger partial charge in [0.05, 0.1) is 46.7 Å². The van der Waals surface area contributed by atoms with E-state index in [1.165, 1.54) is 49.1 Å². The third-order valence-corrected chi connectivity index (χ3v) is 10.7. The molecule has 0 spiro atoms. The van der Waals surface area contributed by atoms with Crippen molar-refractivity contribution in [2.75, 3.05) is 0 Å². The number of carbonyl (C=O) groups excluding carboxylic acids is 4. The van der Waals surface area contributed by atoms with Crippen LogP contribution in [-0.2, 0) is 34.1 Å². The van der Waals surface area contributed by atoms with Crippen LogP contribution < -0.4 is 20.4 Å². The number of carboxylic acid groups (broad SMARTS) is 4. The average molecular weight is 1240 g/mol. The Morgan fingerprint density at radius 2 is 0.424 bits per heavy atom. The van der Waals surface area contributed by atoms with E-state index in [-0.39, 0.29) is 56.9 Å². The average Bonchev–Trinajstić information content (AvgIpc) is 3.31. The van der Waals surface area contributed by atoms with Crippen LogP contribution >= 0.6 is 63.7 Å². The summed E-state index contributed by atoms with van der Waals surface area (Å²) in [4.78, 5) is 57.3. The summed E-state index contributed by atoms with van der Waals surface area (Å²) in [6, 6.07) is 43.4. The van der Waals surface area contributed by atoms with E-state index in [0.717, 1.165) is 62.4 Å². The summed E-state index contributed by atoms with van der Waals surface area (Å²) < 4.78 is 3.98. The molecule has 0 fully saturated rings. The Labute approximate surface area is 433 Å². The van der Waals surface area contributed by atoms with Gasteiger partial charge in [-0.15, -0.1) is 0 Å². The molecule has 338 valence electrons. The summed E-state index contributed by atoms with van der Waals surface area (Å²) in [7, 11) is 0. The number of pyridine rings is 4. The molecule has 8 aromatic rings. The standard InChI is InChI=1S/4C12H8BrNO2.2Cu/c4*13-10-4-1-8(2-5-10)9-3-6-11(12(15)16)14-7-9;;/h4*1-7H,(H,15,16);;/q;;;;2*+2/p-4. The molecule has 0 bridgehead atoms. The van der Waals surface area contributed by atoms with Crippen molar-refractivity contribution in [3.8, 4) is 44.5 Å². The summed E-state index contributed by atoms with van der Waals surface area (Å²) in [6.45, 7) is 0. The molecule has 0 saturated heterocycles. The van der Waals surface area contributed by atoms with Crippen molar-refractivity contribution in [3.63, 3.8) is 0 Å². The van der Waals surface area contributed by atoms with Crippen molar-refractivity contribution in [3.05, 3.63) is 211 Å². The second kappa shape index (κ2) is 27.1. The molecule has 0 atom stereocenters. The van der Waals surface area contributed by atoms with E-state index in [2.05, 4.69) is 83.7 Å². The molecular weight excluding hydrogens is 1210 g/mol. The smallest absolute Gasteiger partial charge is 0.543 e. The molecule has 0 aliphatic rings. The van der Waals surface area contributed by atoms with Crippen molar-refractivity contribution in [1.82, 2.24) is 19.9 Å². The van der Waals surface area contributed by atoms with Gasteiger partial charge in [0.2, 0.25) is 0 Å². The van der Waals surface area contributed by atoms with Gasteiger partial charge in [-0.05, 0) is 95.1 Å². The number of carboxylic acids is 4. The Balaban J connectivity index is 0.000000231. The molecule has 12 nitrogen and oxygen atoms in total. The van der Waals surface area contributed by atoms with E-state index in [1.54, 1.807) is 24.3 Å². The molecule has 0 amide bonds. The number of benzene rings is 4. The monoisotopic (exact) mass is 1230 g/mol. The number of hydrogen-bond acceptors (Lipinski definition) is 12. The molecule has 66 heavy (non-hydrogen) atoms. The number of rotatable bonds is 8. The van der Waals surface area contributed by atoms with Gasteiger partial charge in [0.25, 0.3) is 0 Å². The Morgan fingerprint density at radius 3 is 0.545 bits per heavy atom. The Morgan fingerprint density at radius 1 is 0.273 bits per heavy atom. The molecule has 4 heterocycles. The maximum atomic E-state index is 10.5. The minimum absolute atomic E-state index is 0. The van der Waals surface area contributed by atoms with Crippen LogP contribution in [0.2, 0.25) is 0 Å². The van der Waals surface area contributed by atoms with Crippen molar-refractivity contribution >= 4 is 87.6 Å². The second-order valence-corrected chi connectivity index (χ2v) is 16.6. The minimum atomic E-state index is -1.26. The third-order valence-electron chi connectivity index (χ3n) is 8.60. The van der Waals surface area contributed by atoms with Gasteiger partial charge in [0.15, 0.2) is 0 Å². The van der Waals surface area contributed by atoms with Crippen molar-refractivity contribution in [2.24, 2.45) is 0 Å². The van der Waals surface area contributed by atoms with E-state index in [4.69, 9.17) is 0 Å². The molecule has 18 heteroatoms. The van der Waals surface area contributed by atoms with E-state index in [9.17, 15) is 39.6 Å².